The number of anilines is 1. The van der Waals surface area contributed by atoms with Gasteiger partial charge in [-0.2, -0.15) is 18.3 Å². The molecule has 3 rings (SSSR count). The fourth-order valence-corrected chi connectivity index (χ4v) is 2.61. The van der Waals surface area contributed by atoms with Crippen molar-refractivity contribution in [2.24, 2.45) is 0 Å². The summed E-state index contributed by atoms with van der Waals surface area (Å²) in [5, 5.41) is 7.08. The van der Waals surface area contributed by atoms with E-state index in [0.717, 1.165) is 32.1 Å². The van der Waals surface area contributed by atoms with Gasteiger partial charge in [-0.3, -0.25) is 0 Å². The SMILES string of the molecule is Nc1cc(C2CCNCC2)n2ncc(C(F)(F)F)c2n1. The second-order valence-electron chi connectivity index (χ2n) is 4.92. The van der Waals surface area contributed by atoms with Gasteiger partial charge in [0.2, 0.25) is 0 Å². The van der Waals surface area contributed by atoms with Gasteiger partial charge >= 0.3 is 6.18 Å². The monoisotopic (exact) mass is 285 g/mol. The van der Waals surface area contributed by atoms with E-state index in [2.05, 4.69) is 15.4 Å². The third-order valence-corrected chi connectivity index (χ3v) is 3.58. The van der Waals surface area contributed by atoms with Gasteiger partial charge in [0.15, 0.2) is 5.65 Å². The molecule has 0 aromatic carbocycles. The minimum absolute atomic E-state index is 0.0945. The molecule has 3 N–H and O–H groups in total. The zero-order valence-electron chi connectivity index (χ0n) is 10.6. The maximum atomic E-state index is 12.9. The molecule has 0 unspecified atom stereocenters. The Balaban J connectivity index is 2.15. The largest absolute Gasteiger partial charge is 0.421 e. The smallest absolute Gasteiger partial charge is 0.384 e. The zero-order chi connectivity index (χ0) is 14.3. The van der Waals surface area contributed by atoms with Crippen molar-refractivity contribution < 1.29 is 13.2 Å². The van der Waals surface area contributed by atoms with E-state index in [1.165, 1.54) is 4.52 Å². The van der Waals surface area contributed by atoms with Crippen molar-refractivity contribution in [3.8, 4) is 0 Å². The number of nitrogens with zero attached hydrogens (tertiary/aromatic N) is 3. The quantitative estimate of drug-likeness (QED) is 0.838. The number of nitrogens with two attached hydrogens (primary N) is 1. The highest BCUT2D eigenvalue weighted by Crippen LogP contribution is 2.34. The maximum absolute atomic E-state index is 12.9. The summed E-state index contributed by atoms with van der Waals surface area (Å²) < 4.78 is 40.0. The van der Waals surface area contributed by atoms with Crippen LogP contribution in [0.25, 0.3) is 5.65 Å². The number of halogens is 3. The van der Waals surface area contributed by atoms with Gasteiger partial charge in [-0.1, -0.05) is 0 Å². The Morgan fingerprint density at radius 1 is 1.30 bits per heavy atom. The molecule has 0 amide bonds. The van der Waals surface area contributed by atoms with Gasteiger partial charge in [-0.05, 0) is 25.9 Å². The van der Waals surface area contributed by atoms with Crippen LogP contribution in [0.3, 0.4) is 0 Å². The number of hydrogen-bond donors (Lipinski definition) is 2. The first-order valence-electron chi connectivity index (χ1n) is 6.39. The minimum Gasteiger partial charge on any atom is -0.384 e. The van der Waals surface area contributed by atoms with E-state index in [-0.39, 0.29) is 17.4 Å². The second kappa shape index (κ2) is 4.62. The Morgan fingerprint density at radius 2 is 2.00 bits per heavy atom. The summed E-state index contributed by atoms with van der Waals surface area (Å²) in [7, 11) is 0. The maximum Gasteiger partial charge on any atom is 0.421 e. The van der Waals surface area contributed by atoms with Crippen LogP contribution in [0.2, 0.25) is 0 Å². The Morgan fingerprint density at radius 3 is 2.65 bits per heavy atom. The molecule has 1 fully saturated rings. The highest BCUT2D eigenvalue weighted by atomic mass is 19.4. The van der Waals surface area contributed by atoms with Crippen LogP contribution in [0.4, 0.5) is 19.0 Å². The number of nitrogen functional groups attached to an aromatic ring is 1. The number of alkyl halides is 3. The molecule has 0 atom stereocenters. The molecule has 2 aromatic heterocycles. The van der Waals surface area contributed by atoms with Crippen LogP contribution in [0.5, 0.6) is 0 Å². The molecule has 2 aromatic rings. The summed E-state index contributed by atoms with van der Waals surface area (Å²) in [6, 6.07) is 1.62. The lowest BCUT2D eigenvalue weighted by atomic mass is 9.94. The molecule has 3 heterocycles. The Kier molecular flexibility index (Phi) is 3.04. The summed E-state index contributed by atoms with van der Waals surface area (Å²) >= 11 is 0. The van der Waals surface area contributed by atoms with E-state index >= 15 is 0 Å². The van der Waals surface area contributed by atoms with Crippen LogP contribution in [-0.2, 0) is 6.18 Å². The van der Waals surface area contributed by atoms with Crippen molar-refractivity contribution in [3.63, 3.8) is 0 Å². The molecule has 20 heavy (non-hydrogen) atoms. The first-order valence-corrected chi connectivity index (χ1v) is 6.39. The van der Waals surface area contributed by atoms with Gasteiger partial charge in [-0.25, -0.2) is 9.50 Å². The molecule has 0 saturated carbocycles. The summed E-state index contributed by atoms with van der Waals surface area (Å²) in [5.74, 6) is 0.238. The van der Waals surface area contributed by atoms with E-state index in [4.69, 9.17) is 5.73 Å². The molecule has 8 heteroatoms. The molecule has 0 aliphatic carbocycles. The summed E-state index contributed by atoms with van der Waals surface area (Å²) in [6.45, 7) is 1.67. The van der Waals surface area contributed by atoms with Crippen LogP contribution >= 0.6 is 0 Å². The van der Waals surface area contributed by atoms with E-state index < -0.39 is 11.7 Å². The number of aromatic nitrogens is 3. The van der Waals surface area contributed by atoms with Crippen molar-refractivity contribution in [2.45, 2.75) is 24.9 Å². The van der Waals surface area contributed by atoms with E-state index in [1.807, 2.05) is 0 Å². The molecule has 1 aliphatic rings. The van der Waals surface area contributed by atoms with Crippen molar-refractivity contribution in [3.05, 3.63) is 23.5 Å². The summed E-state index contributed by atoms with van der Waals surface area (Å²) in [4.78, 5) is 3.80. The van der Waals surface area contributed by atoms with Gasteiger partial charge in [-0.15, -0.1) is 0 Å². The number of fused-ring (bicyclic) bond motifs is 1. The van der Waals surface area contributed by atoms with Gasteiger partial charge < -0.3 is 11.1 Å². The normalized spacial score (nSPS) is 17.8. The van der Waals surface area contributed by atoms with Gasteiger partial charge in [0.05, 0.1) is 11.9 Å². The summed E-state index contributed by atoms with van der Waals surface area (Å²) in [5.41, 5.74) is 5.30. The van der Waals surface area contributed by atoms with Gasteiger partial charge in [0.25, 0.3) is 0 Å². The molecule has 1 saturated heterocycles. The Bertz CT molecular complexity index is 628. The van der Waals surface area contributed by atoms with E-state index in [0.29, 0.717) is 5.69 Å². The third-order valence-electron chi connectivity index (χ3n) is 3.58. The first kappa shape index (κ1) is 13.2. The zero-order valence-corrected chi connectivity index (χ0v) is 10.6. The second-order valence-corrected chi connectivity index (χ2v) is 4.92. The minimum atomic E-state index is -4.48. The fraction of sp³-hybridized carbons (Fsp3) is 0.500. The lowest BCUT2D eigenvalue weighted by molar-refractivity contribution is -0.136. The Hall–Kier alpha value is -1.83. The Labute approximate surface area is 113 Å². The van der Waals surface area contributed by atoms with Crippen molar-refractivity contribution >= 4 is 11.5 Å². The standard InChI is InChI=1S/C12H14F3N5/c13-12(14,15)8-6-18-20-9(5-10(16)19-11(8)20)7-1-3-17-4-2-7/h5-7,17H,1-4H2,(H2,16,19). The number of piperidine rings is 1. The molecular weight excluding hydrogens is 271 g/mol. The van der Waals surface area contributed by atoms with Gasteiger partial charge in [0, 0.05) is 12.0 Å². The summed E-state index contributed by atoms with van der Waals surface area (Å²) in [6.07, 6.45) is -1.97. The predicted molar refractivity (Wildman–Crippen MR) is 67.2 cm³/mol. The lowest BCUT2D eigenvalue weighted by Crippen LogP contribution is -2.27. The highest BCUT2D eigenvalue weighted by molar-refractivity contribution is 5.53. The van der Waals surface area contributed by atoms with Crippen molar-refractivity contribution in [1.29, 1.82) is 0 Å². The van der Waals surface area contributed by atoms with Crippen molar-refractivity contribution in [1.82, 2.24) is 19.9 Å². The van der Waals surface area contributed by atoms with Crippen LogP contribution in [0.1, 0.15) is 30.0 Å². The highest BCUT2D eigenvalue weighted by Gasteiger charge is 2.36. The van der Waals surface area contributed by atoms with Gasteiger partial charge in [0.1, 0.15) is 11.4 Å². The number of hydrogen-bond acceptors (Lipinski definition) is 4. The predicted octanol–water partition coefficient (Wildman–Crippen LogP) is 1.80. The first-order chi connectivity index (χ1) is 9.47. The molecule has 0 spiro atoms. The fourth-order valence-electron chi connectivity index (χ4n) is 2.61. The molecule has 5 nitrogen and oxygen atoms in total. The third kappa shape index (κ3) is 2.20. The van der Waals surface area contributed by atoms with Crippen LogP contribution < -0.4 is 11.1 Å². The molecule has 0 radical (unpaired) electrons. The number of nitrogens with one attached hydrogen (secondary N) is 1. The molecule has 108 valence electrons. The van der Waals surface area contributed by atoms with E-state index in [1.54, 1.807) is 6.07 Å². The van der Waals surface area contributed by atoms with Crippen molar-refractivity contribution in [2.75, 3.05) is 18.8 Å². The average Bonchev–Trinajstić information content (AvgIpc) is 2.82. The molecular formula is C12H14F3N5. The average molecular weight is 285 g/mol. The number of rotatable bonds is 1. The lowest BCUT2D eigenvalue weighted by Gasteiger charge is -2.23. The molecule has 1 aliphatic heterocycles. The molecule has 0 bridgehead atoms. The van der Waals surface area contributed by atoms with Crippen LogP contribution in [0, 0.1) is 0 Å². The topological polar surface area (TPSA) is 68.2 Å². The van der Waals surface area contributed by atoms with E-state index in [9.17, 15) is 13.2 Å². The van der Waals surface area contributed by atoms with Crippen LogP contribution in [0.15, 0.2) is 12.3 Å². The van der Waals surface area contributed by atoms with Crippen LogP contribution in [-0.4, -0.2) is 27.7 Å².